The van der Waals surface area contributed by atoms with Crippen molar-refractivity contribution in [1.29, 1.82) is 0 Å². The molecule has 1 amide bonds. The zero-order valence-corrected chi connectivity index (χ0v) is 14.9. The molecule has 0 aromatic heterocycles. The van der Waals surface area contributed by atoms with E-state index in [-0.39, 0.29) is 22.1 Å². The van der Waals surface area contributed by atoms with Crippen LogP contribution in [0.1, 0.15) is 12.0 Å². The van der Waals surface area contributed by atoms with E-state index < -0.39 is 15.7 Å². The Morgan fingerprint density at radius 1 is 1.21 bits per heavy atom. The Kier molecular flexibility index (Phi) is 5.85. The van der Waals surface area contributed by atoms with E-state index in [2.05, 4.69) is 5.32 Å². The topological polar surface area (TPSA) is 72.5 Å². The number of ether oxygens (including phenoxy) is 1. The molecule has 0 saturated carbocycles. The van der Waals surface area contributed by atoms with Gasteiger partial charge in [-0.1, -0.05) is 29.8 Å². The molecule has 0 spiro atoms. The number of hydrogen-bond acceptors (Lipinski definition) is 4. The third kappa shape index (κ3) is 4.49. The maximum Gasteiger partial charge on any atom is 0.225 e. The summed E-state index contributed by atoms with van der Waals surface area (Å²) in [5.74, 6) is -0.214. The lowest BCUT2D eigenvalue weighted by Gasteiger charge is -2.11. The van der Waals surface area contributed by atoms with Gasteiger partial charge in [0.25, 0.3) is 0 Å². The number of aryl methyl sites for hydroxylation is 1. The Hall–Kier alpha value is -2.05. The van der Waals surface area contributed by atoms with Crippen LogP contribution in [0.5, 0.6) is 5.75 Å². The highest BCUT2D eigenvalue weighted by Gasteiger charge is 2.19. The van der Waals surface area contributed by atoms with Gasteiger partial charge in [0.2, 0.25) is 5.91 Å². The van der Waals surface area contributed by atoms with Gasteiger partial charge in [0, 0.05) is 6.42 Å². The molecule has 0 atom stereocenters. The Morgan fingerprint density at radius 2 is 1.92 bits per heavy atom. The number of methoxy groups -OCH3 is 1. The van der Waals surface area contributed by atoms with Crippen LogP contribution in [0.3, 0.4) is 0 Å². The number of sulfone groups is 1. The molecule has 0 aliphatic carbocycles. The summed E-state index contributed by atoms with van der Waals surface area (Å²) in [4.78, 5) is 12.1. The predicted octanol–water partition coefficient (Wildman–Crippen LogP) is 3.46. The normalized spacial score (nSPS) is 11.1. The fourth-order valence-corrected chi connectivity index (χ4v) is 3.98. The van der Waals surface area contributed by atoms with Gasteiger partial charge in [0.05, 0.1) is 28.5 Å². The standard InChI is InChI=1S/C17H18ClNO4S/c1-12-7-8-15(23-2)14(11-12)19-17(20)9-10-24(21,22)16-6-4-3-5-13(16)18/h3-8,11H,9-10H2,1-2H3,(H,19,20). The van der Waals surface area contributed by atoms with E-state index in [0.717, 1.165) is 5.56 Å². The lowest BCUT2D eigenvalue weighted by Crippen LogP contribution is -2.18. The minimum atomic E-state index is -3.63. The van der Waals surface area contributed by atoms with E-state index in [4.69, 9.17) is 16.3 Å². The van der Waals surface area contributed by atoms with E-state index in [1.54, 1.807) is 24.3 Å². The van der Waals surface area contributed by atoms with Crippen molar-refractivity contribution in [2.45, 2.75) is 18.2 Å². The van der Waals surface area contributed by atoms with Crippen molar-refractivity contribution in [2.24, 2.45) is 0 Å². The number of benzene rings is 2. The number of halogens is 1. The molecule has 0 bridgehead atoms. The Morgan fingerprint density at radius 3 is 2.58 bits per heavy atom. The van der Waals surface area contributed by atoms with Crippen molar-refractivity contribution in [3.8, 4) is 5.75 Å². The number of nitrogens with one attached hydrogen (secondary N) is 1. The third-order valence-electron chi connectivity index (χ3n) is 3.40. The first-order chi connectivity index (χ1) is 11.3. The molecule has 2 aromatic rings. The molecule has 0 heterocycles. The molecule has 5 nitrogen and oxygen atoms in total. The van der Waals surface area contributed by atoms with E-state index in [1.807, 2.05) is 13.0 Å². The lowest BCUT2D eigenvalue weighted by atomic mass is 10.2. The molecule has 24 heavy (non-hydrogen) atoms. The summed E-state index contributed by atoms with van der Waals surface area (Å²) in [6, 6.07) is 11.5. The first-order valence-corrected chi connectivity index (χ1v) is 9.28. The van der Waals surface area contributed by atoms with Gasteiger partial charge < -0.3 is 10.1 Å². The van der Waals surface area contributed by atoms with Crippen LogP contribution >= 0.6 is 11.6 Å². The fourth-order valence-electron chi connectivity index (χ4n) is 2.17. The molecule has 0 aliphatic rings. The summed E-state index contributed by atoms with van der Waals surface area (Å²) in [5, 5.41) is 2.83. The second-order valence-electron chi connectivity index (χ2n) is 5.25. The highest BCUT2D eigenvalue weighted by Crippen LogP contribution is 2.26. The zero-order valence-electron chi connectivity index (χ0n) is 13.4. The zero-order chi connectivity index (χ0) is 17.7. The largest absolute Gasteiger partial charge is 0.495 e. The Balaban J connectivity index is 2.06. The van der Waals surface area contributed by atoms with Crippen molar-refractivity contribution < 1.29 is 17.9 Å². The van der Waals surface area contributed by atoms with Crippen molar-refractivity contribution in [3.05, 3.63) is 53.1 Å². The number of carbonyl (C=O) groups is 1. The van der Waals surface area contributed by atoms with Gasteiger partial charge in [0.15, 0.2) is 9.84 Å². The first kappa shape index (κ1) is 18.3. The average Bonchev–Trinajstić information content (AvgIpc) is 2.53. The summed E-state index contributed by atoms with van der Waals surface area (Å²) < 4.78 is 29.8. The van der Waals surface area contributed by atoms with Crippen LogP contribution in [0.25, 0.3) is 0 Å². The molecule has 0 radical (unpaired) electrons. The van der Waals surface area contributed by atoms with Crippen LogP contribution < -0.4 is 10.1 Å². The Bertz CT molecular complexity index is 849. The minimum absolute atomic E-state index is 0.0348. The summed E-state index contributed by atoms with van der Waals surface area (Å²) in [5.41, 5.74) is 1.47. The van der Waals surface area contributed by atoms with Crippen molar-refractivity contribution >= 4 is 33.0 Å². The van der Waals surface area contributed by atoms with E-state index >= 15 is 0 Å². The number of amides is 1. The molecule has 0 fully saturated rings. The average molecular weight is 368 g/mol. The van der Waals surface area contributed by atoms with E-state index in [1.165, 1.54) is 19.2 Å². The number of rotatable bonds is 6. The number of hydrogen-bond donors (Lipinski definition) is 1. The van der Waals surface area contributed by atoms with Gasteiger partial charge in [-0.2, -0.15) is 0 Å². The highest BCUT2D eigenvalue weighted by molar-refractivity contribution is 7.91. The molecule has 0 saturated heterocycles. The second kappa shape index (κ2) is 7.68. The molecule has 2 rings (SSSR count). The van der Waals surface area contributed by atoms with Gasteiger partial charge in [-0.15, -0.1) is 0 Å². The molecule has 128 valence electrons. The fraction of sp³-hybridized carbons (Fsp3) is 0.235. The molecular weight excluding hydrogens is 350 g/mol. The van der Waals surface area contributed by atoms with Crippen LogP contribution in [0.4, 0.5) is 5.69 Å². The van der Waals surface area contributed by atoms with Crippen molar-refractivity contribution in [2.75, 3.05) is 18.2 Å². The number of carbonyl (C=O) groups excluding carboxylic acids is 1. The van der Waals surface area contributed by atoms with Gasteiger partial charge in [-0.05, 0) is 36.8 Å². The maximum absolute atomic E-state index is 12.3. The summed E-state index contributed by atoms with van der Waals surface area (Å²) in [6.07, 6.45) is -0.176. The molecular formula is C17H18ClNO4S. The molecule has 2 aromatic carbocycles. The lowest BCUT2D eigenvalue weighted by molar-refractivity contribution is -0.115. The third-order valence-corrected chi connectivity index (χ3v) is 5.61. The Labute approximate surface area is 146 Å². The van der Waals surface area contributed by atoms with Gasteiger partial charge in [-0.3, -0.25) is 4.79 Å². The van der Waals surface area contributed by atoms with Crippen LogP contribution in [0, 0.1) is 6.92 Å². The van der Waals surface area contributed by atoms with Crippen LogP contribution in [-0.4, -0.2) is 27.2 Å². The molecule has 1 N–H and O–H groups in total. The molecule has 7 heteroatoms. The molecule has 0 aliphatic heterocycles. The van der Waals surface area contributed by atoms with Crippen LogP contribution in [0.2, 0.25) is 5.02 Å². The summed E-state index contributed by atoms with van der Waals surface area (Å²) in [6.45, 7) is 1.89. The SMILES string of the molecule is COc1ccc(C)cc1NC(=O)CCS(=O)(=O)c1ccccc1Cl. The van der Waals surface area contributed by atoms with Crippen LogP contribution in [-0.2, 0) is 14.6 Å². The van der Waals surface area contributed by atoms with Gasteiger partial charge in [-0.25, -0.2) is 8.42 Å². The monoisotopic (exact) mass is 367 g/mol. The van der Waals surface area contributed by atoms with Gasteiger partial charge >= 0.3 is 0 Å². The van der Waals surface area contributed by atoms with Crippen molar-refractivity contribution in [3.63, 3.8) is 0 Å². The van der Waals surface area contributed by atoms with Crippen LogP contribution in [0.15, 0.2) is 47.4 Å². The maximum atomic E-state index is 12.3. The number of anilines is 1. The second-order valence-corrected chi connectivity index (χ2v) is 7.74. The quantitative estimate of drug-likeness (QED) is 0.848. The highest BCUT2D eigenvalue weighted by atomic mass is 35.5. The molecule has 0 unspecified atom stereocenters. The smallest absolute Gasteiger partial charge is 0.225 e. The summed E-state index contributed by atoms with van der Waals surface area (Å²) >= 11 is 5.91. The van der Waals surface area contributed by atoms with Gasteiger partial charge in [0.1, 0.15) is 5.75 Å². The van der Waals surface area contributed by atoms with E-state index in [0.29, 0.717) is 11.4 Å². The predicted molar refractivity (Wildman–Crippen MR) is 94.5 cm³/mol. The first-order valence-electron chi connectivity index (χ1n) is 7.25. The van der Waals surface area contributed by atoms with Crippen molar-refractivity contribution in [1.82, 2.24) is 0 Å². The minimum Gasteiger partial charge on any atom is -0.495 e. The van der Waals surface area contributed by atoms with E-state index in [9.17, 15) is 13.2 Å². The summed E-state index contributed by atoms with van der Waals surface area (Å²) in [7, 11) is -2.12.